The SMILES string of the molecule is CN(C)c1nc2cc(NC(=O)CCCN)ccc2o1.Cl.Cl. The van der Waals surface area contributed by atoms with E-state index in [1.165, 1.54) is 0 Å². The van der Waals surface area contributed by atoms with E-state index in [1.807, 2.05) is 14.1 Å². The lowest BCUT2D eigenvalue weighted by Gasteiger charge is -2.03. The fourth-order valence-electron chi connectivity index (χ4n) is 1.67. The monoisotopic (exact) mass is 334 g/mol. The maximum atomic E-state index is 11.6. The molecule has 1 aromatic heterocycles. The Morgan fingerprint density at radius 3 is 2.71 bits per heavy atom. The minimum absolute atomic E-state index is 0. The molecule has 21 heavy (non-hydrogen) atoms. The number of oxazole rings is 1. The number of carbonyl (C=O) groups excluding carboxylic acids is 1. The van der Waals surface area contributed by atoms with Crippen LogP contribution in [0.4, 0.5) is 11.7 Å². The van der Waals surface area contributed by atoms with E-state index in [0.717, 1.165) is 5.52 Å². The van der Waals surface area contributed by atoms with Gasteiger partial charge >= 0.3 is 0 Å². The minimum Gasteiger partial charge on any atom is -0.423 e. The number of amides is 1. The van der Waals surface area contributed by atoms with E-state index in [2.05, 4.69) is 10.3 Å². The van der Waals surface area contributed by atoms with Crippen molar-refractivity contribution < 1.29 is 9.21 Å². The molecule has 0 radical (unpaired) electrons. The maximum Gasteiger partial charge on any atom is 0.297 e. The molecule has 8 heteroatoms. The van der Waals surface area contributed by atoms with Crippen molar-refractivity contribution in [2.45, 2.75) is 12.8 Å². The molecule has 2 aromatic rings. The highest BCUT2D eigenvalue weighted by Gasteiger charge is 2.09. The third kappa shape index (κ3) is 5.08. The third-order valence-corrected chi connectivity index (χ3v) is 2.65. The van der Waals surface area contributed by atoms with Gasteiger partial charge in [-0.05, 0) is 31.2 Å². The number of carbonyl (C=O) groups is 1. The summed E-state index contributed by atoms with van der Waals surface area (Å²) in [6, 6.07) is 5.94. The van der Waals surface area contributed by atoms with Crippen LogP contribution in [-0.4, -0.2) is 31.5 Å². The first-order valence-corrected chi connectivity index (χ1v) is 6.18. The summed E-state index contributed by atoms with van der Waals surface area (Å²) in [6.45, 7) is 0.516. The van der Waals surface area contributed by atoms with E-state index in [9.17, 15) is 4.79 Å². The second-order valence-electron chi connectivity index (χ2n) is 4.51. The Bertz CT molecular complexity index is 587. The van der Waals surface area contributed by atoms with Crippen LogP contribution in [0.1, 0.15) is 12.8 Å². The molecule has 1 amide bonds. The molecule has 0 aliphatic heterocycles. The first-order chi connectivity index (χ1) is 9.10. The standard InChI is InChI=1S/C13H18N4O2.2ClH/c1-17(2)13-16-10-8-9(5-6-11(10)19-13)15-12(18)4-3-7-14;;/h5-6,8H,3-4,7,14H2,1-2H3,(H,15,18);2*1H. The lowest BCUT2D eigenvalue weighted by Crippen LogP contribution is -2.13. The number of anilines is 2. The quantitative estimate of drug-likeness (QED) is 0.877. The van der Waals surface area contributed by atoms with Gasteiger partial charge < -0.3 is 20.4 Å². The highest BCUT2D eigenvalue weighted by molar-refractivity contribution is 5.92. The van der Waals surface area contributed by atoms with Gasteiger partial charge in [0.05, 0.1) is 0 Å². The molecule has 0 fully saturated rings. The van der Waals surface area contributed by atoms with E-state index >= 15 is 0 Å². The molecule has 0 saturated heterocycles. The van der Waals surface area contributed by atoms with Crippen molar-refractivity contribution in [2.24, 2.45) is 5.73 Å². The van der Waals surface area contributed by atoms with E-state index in [-0.39, 0.29) is 30.7 Å². The molecule has 0 unspecified atom stereocenters. The van der Waals surface area contributed by atoms with E-state index < -0.39 is 0 Å². The number of fused-ring (bicyclic) bond motifs is 1. The van der Waals surface area contributed by atoms with Gasteiger partial charge in [0.25, 0.3) is 6.01 Å². The molecule has 0 aliphatic carbocycles. The zero-order chi connectivity index (χ0) is 13.8. The fourth-order valence-corrected chi connectivity index (χ4v) is 1.67. The number of rotatable bonds is 5. The Morgan fingerprint density at radius 1 is 1.38 bits per heavy atom. The van der Waals surface area contributed by atoms with Crippen LogP contribution in [0.15, 0.2) is 22.6 Å². The largest absolute Gasteiger partial charge is 0.423 e. The summed E-state index contributed by atoms with van der Waals surface area (Å²) in [4.78, 5) is 17.7. The summed E-state index contributed by atoms with van der Waals surface area (Å²) in [5, 5.41) is 2.82. The Labute approximate surface area is 135 Å². The summed E-state index contributed by atoms with van der Waals surface area (Å²) in [5.41, 5.74) is 7.50. The van der Waals surface area contributed by atoms with Gasteiger partial charge in [-0.25, -0.2) is 0 Å². The number of nitrogens with zero attached hydrogens (tertiary/aromatic N) is 2. The van der Waals surface area contributed by atoms with E-state index in [1.54, 1.807) is 23.1 Å². The highest BCUT2D eigenvalue weighted by atomic mass is 35.5. The summed E-state index contributed by atoms with van der Waals surface area (Å²) < 4.78 is 5.54. The summed E-state index contributed by atoms with van der Waals surface area (Å²) >= 11 is 0. The number of nitrogens with one attached hydrogen (secondary N) is 1. The van der Waals surface area contributed by atoms with Gasteiger partial charge in [0.2, 0.25) is 5.91 Å². The van der Waals surface area contributed by atoms with Gasteiger partial charge in [-0.1, -0.05) is 0 Å². The molecule has 1 heterocycles. The predicted molar refractivity (Wildman–Crippen MR) is 89.8 cm³/mol. The van der Waals surface area contributed by atoms with Crippen molar-refractivity contribution >= 4 is 53.5 Å². The van der Waals surface area contributed by atoms with Crippen molar-refractivity contribution in [1.29, 1.82) is 0 Å². The van der Waals surface area contributed by atoms with Crippen LogP contribution in [0.2, 0.25) is 0 Å². The molecule has 3 N–H and O–H groups in total. The normalized spacial score (nSPS) is 9.67. The molecule has 2 rings (SSSR count). The van der Waals surface area contributed by atoms with Gasteiger partial charge in [0.1, 0.15) is 5.52 Å². The van der Waals surface area contributed by atoms with Crippen LogP contribution in [0, 0.1) is 0 Å². The Balaban J connectivity index is 0.00000200. The van der Waals surface area contributed by atoms with Crippen molar-refractivity contribution in [3.8, 4) is 0 Å². The topological polar surface area (TPSA) is 84.4 Å². The molecule has 118 valence electrons. The van der Waals surface area contributed by atoms with Gasteiger partial charge in [-0.2, -0.15) is 4.98 Å². The second kappa shape index (κ2) is 8.71. The van der Waals surface area contributed by atoms with Crippen LogP contribution in [0.3, 0.4) is 0 Å². The molecule has 0 atom stereocenters. The van der Waals surface area contributed by atoms with E-state index in [4.69, 9.17) is 10.2 Å². The maximum absolute atomic E-state index is 11.6. The van der Waals surface area contributed by atoms with Crippen LogP contribution in [0.25, 0.3) is 11.1 Å². The second-order valence-corrected chi connectivity index (χ2v) is 4.51. The Morgan fingerprint density at radius 2 is 2.10 bits per heavy atom. The minimum atomic E-state index is -0.0406. The van der Waals surface area contributed by atoms with Crippen molar-refractivity contribution in [3.63, 3.8) is 0 Å². The third-order valence-electron chi connectivity index (χ3n) is 2.65. The van der Waals surface area contributed by atoms with Gasteiger partial charge in [-0.15, -0.1) is 24.8 Å². The molecule has 0 saturated carbocycles. The van der Waals surface area contributed by atoms with Crippen LogP contribution in [-0.2, 0) is 4.79 Å². The lowest BCUT2D eigenvalue weighted by atomic mass is 10.2. The molecule has 0 bridgehead atoms. The predicted octanol–water partition coefficient (Wildman–Crippen LogP) is 2.41. The van der Waals surface area contributed by atoms with Crippen molar-refractivity contribution in [1.82, 2.24) is 4.98 Å². The average molecular weight is 335 g/mol. The number of nitrogens with two attached hydrogens (primary N) is 1. The van der Waals surface area contributed by atoms with Crippen molar-refractivity contribution in [3.05, 3.63) is 18.2 Å². The highest BCUT2D eigenvalue weighted by Crippen LogP contribution is 2.23. The van der Waals surface area contributed by atoms with Crippen LogP contribution >= 0.6 is 24.8 Å². The Hall–Kier alpha value is -1.50. The zero-order valence-corrected chi connectivity index (χ0v) is 13.6. The number of hydrogen-bond acceptors (Lipinski definition) is 5. The molecular weight excluding hydrogens is 315 g/mol. The molecule has 1 aromatic carbocycles. The summed E-state index contributed by atoms with van der Waals surface area (Å²) in [6.07, 6.45) is 1.11. The zero-order valence-electron chi connectivity index (χ0n) is 12.0. The molecule has 6 nitrogen and oxygen atoms in total. The van der Waals surface area contributed by atoms with E-state index in [0.29, 0.717) is 36.7 Å². The Kier molecular flexibility index (Phi) is 8.09. The molecule has 0 spiro atoms. The van der Waals surface area contributed by atoms with Gasteiger partial charge in [0.15, 0.2) is 5.58 Å². The average Bonchev–Trinajstić information content (AvgIpc) is 2.79. The number of halogens is 2. The first kappa shape index (κ1) is 19.5. The number of aromatic nitrogens is 1. The smallest absolute Gasteiger partial charge is 0.297 e. The number of hydrogen-bond donors (Lipinski definition) is 2. The summed E-state index contributed by atoms with van der Waals surface area (Å²) in [7, 11) is 3.72. The molecule has 0 aliphatic rings. The van der Waals surface area contributed by atoms with Gasteiger partial charge in [0, 0.05) is 26.2 Å². The first-order valence-electron chi connectivity index (χ1n) is 6.18. The van der Waals surface area contributed by atoms with Gasteiger partial charge in [-0.3, -0.25) is 4.79 Å². The lowest BCUT2D eigenvalue weighted by molar-refractivity contribution is -0.116. The fraction of sp³-hybridized carbons (Fsp3) is 0.385. The van der Waals surface area contributed by atoms with Crippen molar-refractivity contribution in [2.75, 3.05) is 30.9 Å². The van der Waals surface area contributed by atoms with Crippen LogP contribution < -0.4 is 16.0 Å². The molecular formula is C13H20Cl2N4O2. The summed E-state index contributed by atoms with van der Waals surface area (Å²) in [5.74, 6) is -0.0406. The van der Waals surface area contributed by atoms with Crippen LogP contribution in [0.5, 0.6) is 0 Å². The number of benzene rings is 1.